The van der Waals surface area contributed by atoms with Gasteiger partial charge < -0.3 is 15.4 Å². The van der Waals surface area contributed by atoms with E-state index in [1.165, 1.54) is 0 Å². The second-order valence-corrected chi connectivity index (χ2v) is 4.91. The van der Waals surface area contributed by atoms with Crippen molar-refractivity contribution in [3.8, 4) is 0 Å². The molecule has 4 nitrogen and oxygen atoms in total. The van der Waals surface area contributed by atoms with E-state index < -0.39 is 0 Å². The maximum absolute atomic E-state index is 5.97. The molecular weight excluding hydrogens is 226 g/mol. The first-order valence-corrected chi connectivity index (χ1v) is 6.74. The summed E-state index contributed by atoms with van der Waals surface area (Å²) in [5.41, 5.74) is 8.11. The molecule has 2 N–H and O–H groups in total. The fourth-order valence-electron chi connectivity index (χ4n) is 2.32. The number of aromatic nitrogens is 1. The van der Waals surface area contributed by atoms with Gasteiger partial charge in [-0.25, -0.2) is 0 Å². The van der Waals surface area contributed by atoms with Gasteiger partial charge in [-0.15, -0.1) is 0 Å². The zero-order chi connectivity index (χ0) is 13.0. The van der Waals surface area contributed by atoms with Crippen LogP contribution in [0.5, 0.6) is 0 Å². The van der Waals surface area contributed by atoms with Crippen molar-refractivity contribution < 1.29 is 4.74 Å². The van der Waals surface area contributed by atoms with Crippen molar-refractivity contribution >= 4 is 5.69 Å². The molecule has 4 heteroatoms. The van der Waals surface area contributed by atoms with Crippen LogP contribution in [0.15, 0.2) is 18.3 Å². The molecule has 0 spiro atoms. The van der Waals surface area contributed by atoms with Crippen LogP contribution in [-0.2, 0) is 4.74 Å². The first kappa shape index (κ1) is 13.3. The molecule has 0 unspecified atom stereocenters. The lowest BCUT2D eigenvalue weighted by Gasteiger charge is -2.32. The lowest BCUT2D eigenvalue weighted by Crippen LogP contribution is -2.36. The zero-order valence-corrected chi connectivity index (χ0v) is 11.3. The third kappa shape index (κ3) is 3.00. The minimum Gasteiger partial charge on any atom is -0.381 e. The van der Waals surface area contributed by atoms with E-state index in [1.54, 1.807) is 0 Å². The van der Waals surface area contributed by atoms with E-state index in [-0.39, 0.29) is 6.04 Å². The van der Waals surface area contributed by atoms with Gasteiger partial charge in [0.15, 0.2) is 0 Å². The minimum absolute atomic E-state index is 0.0486. The topological polar surface area (TPSA) is 51.4 Å². The summed E-state index contributed by atoms with van der Waals surface area (Å²) >= 11 is 0. The molecule has 1 fully saturated rings. The number of pyridine rings is 1. The van der Waals surface area contributed by atoms with E-state index in [9.17, 15) is 0 Å². The number of hydrogen-bond acceptors (Lipinski definition) is 4. The van der Waals surface area contributed by atoms with Crippen LogP contribution < -0.4 is 10.6 Å². The monoisotopic (exact) mass is 249 g/mol. The van der Waals surface area contributed by atoms with Crippen LogP contribution in [0, 0.1) is 0 Å². The van der Waals surface area contributed by atoms with Gasteiger partial charge in [0.25, 0.3) is 0 Å². The molecule has 1 aliphatic rings. The van der Waals surface area contributed by atoms with Gasteiger partial charge in [-0.1, -0.05) is 6.92 Å². The van der Waals surface area contributed by atoms with Gasteiger partial charge in [0.2, 0.25) is 0 Å². The van der Waals surface area contributed by atoms with E-state index >= 15 is 0 Å². The van der Waals surface area contributed by atoms with E-state index in [2.05, 4.69) is 29.9 Å². The van der Waals surface area contributed by atoms with Crippen molar-refractivity contribution in [2.75, 3.05) is 25.2 Å². The van der Waals surface area contributed by atoms with Gasteiger partial charge in [0, 0.05) is 32.3 Å². The summed E-state index contributed by atoms with van der Waals surface area (Å²) < 4.78 is 5.39. The summed E-state index contributed by atoms with van der Waals surface area (Å²) in [5.74, 6) is 0. The fraction of sp³-hybridized carbons (Fsp3) is 0.643. The van der Waals surface area contributed by atoms with E-state index in [0.29, 0.717) is 6.04 Å². The van der Waals surface area contributed by atoms with Gasteiger partial charge >= 0.3 is 0 Å². The Morgan fingerprint density at radius 3 is 2.72 bits per heavy atom. The highest BCUT2D eigenvalue weighted by Crippen LogP contribution is 2.21. The molecule has 0 aromatic carbocycles. The molecule has 0 aliphatic carbocycles. The van der Waals surface area contributed by atoms with Gasteiger partial charge in [0.1, 0.15) is 0 Å². The van der Waals surface area contributed by atoms with Crippen molar-refractivity contribution in [1.82, 2.24) is 4.98 Å². The number of nitrogens with zero attached hydrogens (tertiary/aromatic N) is 2. The maximum Gasteiger partial charge on any atom is 0.0572 e. The number of rotatable bonds is 4. The first-order chi connectivity index (χ1) is 8.72. The van der Waals surface area contributed by atoms with Crippen LogP contribution in [-0.4, -0.2) is 31.3 Å². The molecule has 1 aromatic heterocycles. The maximum atomic E-state index is 5.97. The Morgan fingerprint density at radius 2 is 2.17 bits per heavy atom. The lowest BCUT2D eigenvalue weighted by molar-refractivity contribution is 0.0855. The molecule has 2 heterocycles. The highest BCUT2D eigenvalue weighted by molar-refractivity contribution is 5.45. The number of ether oxygens (including phenoxy) is 1. The Kier molecular flexibility index (Phi) is 4.55. The molecule has 1 aromatic rings. The average molecular weight is 249 g/mol. The van der Waals surface area contributed by atoms with Gasteiger partial charge in [0.05, 0.1) is 17.6 Å². The highest BCUT2D eigenvalue weighted by Gasteiger charge is 2.19. The van der Waals surface area contributed by atoms with E-state index in [0.717, 1.165) is 43.9 Å². The Labute approximate surface area is 109 Å². The van der Waals surface area contributed by atoms with Crippen LogP contribution in [0.3, 0.4) is 0 Å². The first-order valence-electron chi connectivity index (χ1n) is 6.74. The van der Waals surface area contributed by atoms with Crippen LogP contribution in [0.2, 0.25) is 0 Å². The highest BCUT2D eigenvalue weighted by atomic mass is 16.5. The Hall–Kier alpha value is -1.13. The molecule has 0 radical (unpaired) electrons. The lowest BCUT2D eigenvalue weighted by atomic mass is 10.1. The Bertz CT molecular complexity index is 360. The van der Waals surface area contributed by atoms with Crippen LogP contribution in [0.1, 0.15) is 37.9 Å². The van der Waals surface area contributed by atoms with Crippen molar-refractivity contribution in [1.29, 1.82) is 0 Å². The Morgan fingerprint density at radius 1 is 1.44 bits per heavy atom. The van der Waals surface area contributed by atoms with Crippen LogP contribution >= 0.6 is 0 Å². The smallest absolute Gasteiger partial charge is 0.0572 e. The summed E-state index contributed by atoms with van der Waals surface area (Å²) in [5, 5.41) is 0. The minimum atomic E-state index is 0.0486. The van der Waals surface area contributed by atoms with Crippen molar-refractivity contribution in [2.45, 2.75) is 38.3 Å². The number of nitrogens with two attached hydrogens (primary N) is 1. The zero-order valence-electron chi connectivity index (χ0n) is 11.3. The molecule has 0 amide bonds. The third-order valence-electron chi connectivity index (χ3n) is 3.74. The second-order valence-electron chi connectivity index (χ2n) is 4.91. The average Bonchev–Trinajstić information content (AvgIpc) is 2.47. The van der Waals surface area contributed by atoms with Gasteiger partial charge in [-0.3, -0.25) is 4.98 Å². The SMILES string of the molecule is CC[C@H](N)c1ccc(N(C)C2CCOCC2)cn1. The molecule has 1 saturated heterocycles. The summed E-state index contributed by atoms with van der Waals surface area (Å²) in [6, 6.07) is 4.77. The summed E-state index contributed by atoms with van der Waals surface area (Å²) in [7, 11) is 2.13. The summed E-state index contributed by atoms with van der Waals surface area (Å²) in [6.45, 7) is 3.80. The molecule has 1 atom stereocenters. The molecular formula is C14H23N3O. The third-order valence-corrected chi connectivity index (χ3v) is 3.74. The van der Waals surface area contributed by atoms with Crippen LogP contribution in [0.25, 0.3) is 0 Å². The normalized spacial score (nSPS) is 18.6. The quantitative estimate of drug-likeness (QED) is 0.888. The van der Waals surface area contributed by atoms with Gasteiger partial charge in [-0.05, 0) is 31.4 Å². The predicted molar refractivity (Wildman–Crippen MR) is 73.7 cm³/mol. The summed E-state index contributed by atoms with van der Waals surface area (Å²) in [6.07, 6.45) is 5.03. The van der Waals surface area contributed by atoms with Crippen molar-refractivity contribution in [2.24, 2.45) is 5.73 Å². The molecule has 1 aliphatic heterocycles. The second kappa shape index (κ2) is 6.16. The Balaban J connectivity index is 2.03. The number of hydrogen-bond donors (Lipinski definition) is 1. The number of anilines is 1. The molecule has 2 rings (SSSR count). The van der Waals surface area contributed by atoms with Crippen molar-refractivity contribution in [3.05, 3.63) is 24.0 Å². The van der Waals surface area contributed by atoms with Crippen molar-refractivity contribution in [3.63, 3.8) is 0 Å². The van der Waals surface area contributed by atoms with Crippen LogP contribution in [0.4, 0.5) is 5.69 Å². The summed E-state index contributed by atoms with van der Waals surface area (Å²) in [4.78, 5) is 6.77. The van der Waals surface area contributed by atoms with E-state index in [4.69, 9.17) is 10.5 Å². The fourth-order valence-corrected chi connectivity index (χ4v) is 2.32. The van der Waals surface area contributed by atoms with E-state index in [1.807, 2.05) is 12.3 Å². The largest absolute Gasteiger partial charge is 0.381 e. The molecule has 0 saturated carbocycles. The molecule has 0 bridgehead atoms. The molecule has 18 heavy (non-hydrogen) atoms. The van der Waals surface area contributed by atoms with Gasteiger partial charge in [-0.2, -0.15) is 0 Å². The molecule has 100 valence electrons. The standard InChI is InChI=1S/C14H23N3O/c1-3-13(15)14-5-4-12(10-16-14)17(2)11-6-8-18-9-7-11/h4-5,10-11,13H,3,6-9,15H2,1-2H3/t13-/m0/s1. The predicted octanol–water partition coefficient (Wildman–Crippen LogP) is 2.11.